The number of phosphoric acid groups is 1. The topological polar surface area (TPSA) is 108 Å². The van der Waals surface area contributed by atoms with Crippen LogP contribution in [0.5, 0.6) is 0 Å². The number of hydrogen-bond donors (Lipinski definition) is 1. The van der Waals surface area contributed by atoms with Crippen LogP contribution in [0, 0.1) is 0 Å². The van der Waals surface area contributed by atoms with Crippen molar-refractivity contribution in [1.29, 1.82) is 0 Å². The van der Waals surface area contributed by atoms with E-state index in [4.69, 9.17) is 18.5 Å². The van der Waals surface area contributed by atoms with Crippen molar-refractivity contribution in [3.8, 4) is 0 Å². The molecule has 526 valence electrons. The second kappa shape index (κ2) is 71.2. The summed E-state index contributed by atoms with van der Waals surface area (Å²) in [5.41, 5.74) is 0. The van der Waals surface area contributed by atoms with Crippen LogP contribution in [0.3, 0.4) is 0 Å². The fourth-order valence-electron chi connectivity index (χ4n) is 10.1. The second-order valence-electron chi connectivity index (χ2n) is 25.9. The maximum absolute atomic E-state index is 12.9. The third-order valence-electron chi connectivity index (χ3n) is 15.9. The molecule has 2 atom stereocenters. The van der Waals surface area contributed by atoms with Gasteiger partial charge in [-0.15, -0.1) is 0 Å². The van der Waals surface area contributed by atoms with Crippen molar-refractivity contribution in [2.75, 3.05) is 47.5 Å². The third-order valence-corrected chi connectivity index (χ3v) is 16.8. The van der Waals surface area contributed by atoms with Crippen LogP contribution < -0.4 is 0 Å². The number of hydrogen-bond acceptors (Lipinski definition) is 7. The highest BCUT2D eigenvalue weighted by atomic mass is 31.2. The molecular weight excluding hydrogens is 1160 g/mol. The highest BCUT2D eigenvalue weighted by molar-refractivity contribution is 7.47. The lowest BCUT2D eigenvalue weighted by Gasteiger charge is -2.24. The van der Waals surface area contributed by atoms with E-state index in [2.05, 4.69) is 160 Å². The SMILES string of the molecule is CC/C=C\C/C=C\C/C=C\C/C=C\C/C=C\C/C=C\C/C=C\C/C=C\C/C=C\C/C=C\CCCCC(=O)OC(COC(=O)CCCCCCCCCCCCCCCCCCCCCCCCC/C=C\C/C=C\CCCCCCC)COP(=O)(O)OCC[N+](C)(C)C. The van der Waals surface area contributed by atoms with E-state index in [-0.39, 0.29) is 32.0 Å². The van der Waals surface area contributed by atoms with Crippen LogP contribution in [-0.2, 0) is 32.7 Å². The van der Waals surface area contributed by atoms with Gasteiger partial charge in [0.2, 0.25) is 0 Å². The number of carbonyl (C=O) groups excluding carboxylic acids is 2. The normalized spacial score (nSPS) is 13.9. The minimum Gasteiger partial charge on any atom is -0.462 e. The fraction of sp³-hybridized carbons (Fsp3) is 0.683. The molecule has 0 spiro atoms. The summed E-state index contributed by atoms with van der Waals surface area (Å²) in [5.74, 6) is -0.848. The average Bonchev–Trinajstić information content (AvgIpc) is 2.23. The van der Waals surface area contributed by atoms with Gasteiger partial charge in [0, 0.05) is 12.8 Å². The Hall–Kier alpha value is -4.11. The predicted molar refractivity (Wildman–Crippen MR) is 399 cm³/mol. The Morgan fingerprint density at radius 2 is 0.620 bits per heavy atom. The highest BCUT2D eigenvalue weighted by Gasteiger charge is 2.27. The molecule has 0 rings (SSSR count). The molecule has 9 nitrogen and oxygen atoms in total. The van der Waals surface area contributed by atoms with E-state index in [1.165, 1.54) is 173 Å². The van der Waals surface area contributed by atoms with Crippen molar-refractivity contribution in [3.63, 3.8) is 0 Å². The molecule has 0 aliphatic heterocycles. The molecule has 0 bridgehead atoms. The quantitative estimate of drug-likeness (QED) is 0.0211. The van der Waals surface area contributed by atoms with Crippen LogP contribution in [0.15, 0.2) is 146 Å². The minimum absolute atomic E-state index is 0.0167. The number of ether oxygens (including phenoxy) is 2. The smallest absolute Gasteiger partial charge is 0.462 e. The van der Waals surface area contributed by atoms with E-state index in [0.717, 1.165) is 103 Å². The largest absolute Gasteiger partial charge is 0.472 e. The van der Waals surface area contributed by atoms with Crippen LogP contribution in [0.1, 0.15) is 309 Å². The number of phosphoric ester groups is 1. The van der Waals surface area contributed by atoms with E-state index in [9.17, 15) is 19.0 Å². The van der Waals surface area contributed by atoms with E-state index in [0.29, 0.717) is 17.4 Å². The molecule has 0 aromatic rings. The maximum Gasteiger partial charge on any atom is 0.472 e. The molecule has 2 unspecified atom stereocenters. The molecule has 0 fully saturated rings. The molecule has 0 saturated heterocycles. The highest BCUT2D eigenvalue weighted by Crippen LogP contribution is 2.43. The average molecular weight is 1300 g/mol. The van der Waals surface area contributed by atoms with Crippen molar-refractivity contribution < 1.29 is 42.1 Å². The van der Waals surface area contributed by atoms with E-state index < -0.39 is 26.5 Å². The predicted octanol–water partition coefficient (Wildman–Crippen LogP) is 24.9. The number of likely N-dealkylation sites (N-methyl/N-ethyl adjacent to an activating group) is 1. The van der Waals surface area contributed by atoms with Gasteiger partial charge in [-0.25, -0.2) is 4.57 Å². The molecule has 0 radical (unpaired) electrons. The van der Waals surface area contributed by atoms with Crippen LogP contribution in [-0.4, -0.2) is 74.9 Å². The molecule has 92 heavy (non-hydrogen) atoms. The number of nitrogens with zero attached hydrogens (tertiary/aromatic N) is 1. The molecule has 0 aromatic carbocycles. The minimum atomic E-state index is -4.42. The molecule has 0 heterocycles. The molecule has 0 amide bonds. The Morgan fingerprint density at radius 1 is 0.348 bits per heavy atom. The van der Waals surface area contributed by atoms with Crippen molar-refractivity contribution in [2.45, 2.75) is 315 Å². The number of esters is 2. The van der Waals surface area contributed by atoms with E-state index >= 15 is 0 Å². The third kappa shape index (κ3) is 74.9. The maximum atomic E-state index is 12.9. The number of quaternary nitrogens is 1. The summed E-state index contributed by atoms with van der Waals surface area (Å²) in [6.07, 6.45) is 106. The summed E-state index contributed by atoms with van der Waals surface area (Å²) in [7, 11) is 1.44. The first-order valence-corrected chi connectivity index (χ1v) is 39.1. The summed E-state index contributed by atoms with van der Waals surface area (Å²) < 4.78 is 34.7. The zero-order chi connectivity index (χ0) is 66.9. The Labute approximate surface area is 567 Å². The lowest BCUT2D eigenvalue weighted by atomic mass is 10.0. The summed E-state index contributed by atoms with van der Waals surface area (Å²) in [5, 5.41) is 0. The zero-order valence-electron chi connectivity index (χ0n) is 60.0. The van der Waals surface area contributed by atoms with Crippen LogP contribution >= 0.6 is 7.82 Å². The van der Waals surface area contributed by atoms with Gasteiger partial charge in [-0.1, -0.05) is 320 Å². The van der Waals surface area contributed by atoms with Crippen molar-refractivity contribution in [1.82, 2.24) is 0 Å². The van der Waals surface area contributed by atoms with Gasteiger partial charge in [0.1, 0.15) is 19.8 Å². The first-order valence-electron chi connectivity index (χ1n) is 37.6. The standard InChI is InChI=1S/C82H140NO8P/c1-6-8-10-12-14-16-18-20-22-24-26-28-30-32-34-36-38-40-41-43-44-46-48-50-52-54-56-58-60-62-64-66-68-70-72-74-81(84)88-78-80(79-90-92(86,87)89-77-76-83(3,4)5)91-82(85)75-73-71-69-67-65-63-61-59-57-55-53-51-49-47-45-42-39-37-35-33-31-29-27-25-23-21-19-17-15-13-11-9-7-2/h9,11,15,17-18,20-21,23-24,26-27,29,33,35,39,42,47,49,53,55,59,61,65,67,80H,6-8,10,12-14,16,19,22,25,28,30-32,34,36-38,40-41,43-46,48,50-52,54,56-58,60,62-64,66,68-79H2,1-5H3/p+1/b11-9-,17-15-,20-18-,23-21-,26-24-,29-27-,35-33-,42-39-,49-47-,55-53-,61-59-,67-65-. The van der Waals surface area contributed by atoms with Gasteiger partial charge >= 0.3 is 19.8 Å². The lowest BCUT2D eigenvalue weighted by molar-refractivity contribution is -0.870. The van der Waals surface area contributed by atoms with E-state index in [1.54, 1.807) is 0 Å². The molecular formula is C82H141NO8P+. The first kappa shape index (κ1) is 87.9. The summed E-state index contributed by atoms with van der Waals surface area (Å²) in [6.45, 7) is 4.27. The summed E-state index contributed by atoms with van der Waals surface area (Å²) in [6, 6.07) is 0. The van der Waals surface area contributed by atoms with Gasteiger partial charge in [-0.3, -0.25) is 18.6 Å². The van der Waals surface area contributed by atoms with Crippen LogP contribution in [0.4, 0.5) is 0 Å². The van der Waals surface area contributed by atoms with Gasteiger partial charge in [0.15, 0.2) is 6.10 Å². The number of rotatable bonds is 68. The number of carbonyl (C=O) groups is 2. The number of allylic oxidation sites excluding steroid dienone is 24. The fourth-order valence-corrected chi connectivity index (χ4v) is 10.9. The van der Waals surface area contributed by atoms with Gasteiger partial charge in [-0.05, 0) is 122 Å². The van der Waals surface area contributed by atoms with E-state index in [1.807, 2.05) is 21.1 Å². The molecule has 0 aliphatic rings. The molecule has 10 heteroatoms. The Morgan fingerprint density at radius 3 is 0.946 bits per heavy atom. The lowest BCUT2D eigenvalue weighted by Crippen LogP contribution is -2.37. The summed E-state index contributed by atoms with van der Waals surface area (Å²) in [4.78, 5) is 35.9. The van der Waals surface area contributed by atoms with Gasteiger partial charge in [0.05, 0.1) is 27.7 Å². The van der Waals surface area contributed by atoms with Crippen molar-refractivity contribution >= 4 is 19.8 Å². The van der Waals surface area contributed by atoms with Crippen molar-refractivity contribution in [3.05, 3.63) is 146 Å². The van der Waals surface area contributed by atoms with Crippen LogP contribution in [0.2, 0.25) is 0 Å². The molecule has 0 saturated carbocycles. The van der Waals surface area contributed by atoms with Gasteiger partial charge < -0.3 is 18.9 Å². The van der Waals surface area contributed by atoms with Crippen LogP contribution in [0.25, 0.3) is 0 Å². The van der Waals surface area contributed by atoms with Gasteiger partial charge in [-0.2, -0.15) is 0 Å². The molecule has 0 aromatic heterocycles. The Bertz CT molecular complexity index is 2070. The Kier molecular flexibility index (Phi) is 68.0. The molecule has 0 aliphatic carbocycles. The first-order chi connectivity index (χ1) is 45.0. The Balaban J connectivity index is 4.10. The van der Waals surface area contributed by atoms with Crippen molar-refractivity contribution in [2.24, 2.45) is 0 Å². The summed E-state index contributed by atoms with van der Waals surface area (Å²) >= 11 is 0. The zero-order valence-corrected chi connectivity index (χ0v) is 60.9. The second-order valence-corrected chi connectivity index (χ2v) is 27.4. The van der Waals surface area contributed by atoms with Gasteiger partial charge in [0.25, 0.3) is 0 Å². The number of unbranched alkanes of at least 4 members (excludes halogenated alkanes) is 30. The molecule has 1 N–H and O–H groups in total. The monoisotopic (exact) mass is 1300 g/mol.